The number of thioether (sulfide) groups is 1. The number of hydrogen-bond donors (Lipinski definition) is 1. The highest BCUT2D eigenvalue weighted by Crippen LogP contribution is 2.18. The predicted octanol–water partition coefficient (Wildman–Crippen LogP) is 3.69. The number of amides is 1. The number of carbonyl (C=O) groups is 1. The molecule has 5 heteroatoms. The lowest BCUT2D eigenvalue weighted by molar-refractivity contribution is -0.120. The Balaban J connectivity index is 1.66. The van der Waals surface area contributed by atoms with Crippen LogP contribution in [0.15, 0.2) is 51.8 Å². The van der Waals surface area contributed by atoms with E-state index in [-0.39, 0.29) is 5.91 Å². The summed E-state index contributed by atoms with van der Waals surface area (Å²) in [6.07, 6.45) is 2.12. The molecule has 0 aliphatic carbocycles. The lowest BCUT2D eigenvalue weighted by Crippen LogP contribution is -2.17. The zero-order valence-corrected chi connectivity index (χ0v) is 12.8. The Kier molecular flexibility index (Phi) is 5.83. The van der Waals surface area contributed by atoms with Crippen molar-refractivity contribution in [2.45, 2.75) is 18.2 Å². The molecule has 0 bridgehead atoms. The highest BCUT2D eigenvalue weighted by molar-refractivity contribution is 7.99. The number of nitrogens with zero attached hydrogens (tertiary/aromatic N) is 1. The quantitative estimate of drug-likeness (QED) is 0.502. The zero-order chi connectivity index (χ0) is 14.2. The van der Waals surface area contributed by atoms with Gasteiger partial charge in [0.1, 0.15) is 0 Å². The summed E-state index contributed by atoms with van der Waals surface area (Å²) in [5, 5.41) is 5.90. The van der Waals surface area contributed by atoms with Gasteiger partial charge in [0.15, 0.2) is 0 Å². The second kappa shape index (κ2) is 7.87. The molecule has 0 aliphatic heterocycles. The van der Waals surface area contributed by atoms with E-state index in [0.717, 1.165) is 10.6 Å². The van der Waals surface area contributed by atoms with E-state index in [4.69, 9.17) is 0 Å². The van der Waals surface area contributed by atoms with Crippen molar-refractivity contribution in [1.29, 1.82) is 0 Å². The first kappa shape index (κ1) is 14.8. The summed E-state index contributed by atoms with van der Waals surface area (Å²) in [5.41, 5.74) is 3.79. The van der Waals surface area contributed by atoms with Crippen molar-refractivity contribution in [2.75, 3.05) is 5.75 Å². The fourth-order valence-corrected chi connectivity index (χ4v) is 2.92. The molecule has 1 aromatic carbocycles. The molecule has 1 heterocycles. The molecule has 0 atom stereocenters. The number of benzene rings is 1. The van der Waals surface area contributed by atoms with Crippen LogP contribution in [0.5, 0.6) is 0 Å². The molecule has 3 nitrogen and oxygen atoms in total. The van der Waals surface area contributed by atoms with Gasteiger partial charge in [-0.25, -0.2) is 5.43 Å². The van der Waals surface area contributed by atoms with Gasteiger partial charge in [0.05, 0.1) is 6.21 Å². The highest BCUT2D eigenvalue weighted by atomic mass is 32.2. The second-order valence-electron chi connectivity index (χ2n) is 4.22. The van der Waals surface area contributed by atoms with Crippen LogP contribution >= 0.6 is 23.1 Å². The summed E-state index contributed by atoms with van der Waals surface area (Å²) in [4.78, 5) is 13.8. The van der Waals surface area contributed by atoms with Gasteiger partial charge in [0.2, 0.25) is 5.91 Å². The Labute approximate surface area is 127 Å². The van der Waals surface area contributed by atoms with Gasteiger partial charge in [-0.15, -0.1) is 23.1 Å². The van der Waals surface area contributed by atoms with Crippen LogP contribution < -0.4 is 5.43 Å². The van der Waals surface area contributed by atoms with E-state index in [0.29, 0.717) is 6.42 Å². The van der Waals surface area contributed by atoms with E-state index in [1.54, 1.807) is 29.3 Å². The predicted molar refractivity (Wildman–Crippen MR) is 86.6 cm³/mol. The Morgan fingerprint density at radius 3 is 2.85 bits per heavy atom. The molecule has 1 amide bonds. The van der Waals surface area contributed by atoms with Crippen molar-refractivity contribution in [3.63, 3.8) is 0 Å². The molecule has 2 rings (SSSR count). The number of hydrazone groups is 1. The molecule has 0 aliphatic rings. The van der Waals surface area contributed by atoms with Gasteiger partial charge in [-0.05, 0) is 30.5 Å². The van der Waals surface area contributed by atoms with Crippen LogP contribution in [0.4, 0.5) is 0 Å². The molecular weight excluding hydrogens is 288 g/mol. The molecule has 0 radical (unpaired) electrons. The first-order chi connectivity index (χ1) is 9.74. The van der Waals surface area contributed by atoms with Crippen molar-refractivity contribution in [3.05, 3.63) is 52.2 Å². The second-order valence-corrected chi connectivity index (χ2v) is 6.37. The standard InChI is InChI=1S/C15H16N2OS2/c1-12-4-6-13(7-5-12)20-10-8-15(18)17-16-11-14-3-2-9-19-14/h2-7,9,11H,8,10H2,1H3,(H,17,18)/b16-11-. The number of nitrogens with one attached hydrogen (secondary N) is 1. The van der Waals surface area contributed by atoms with E-state index in [9.17, 15) is 4.79 Å². The smallest absolute Gasteiger partial charge is 0.240 e. The van der Waals surface area contributed by atoms with Crippen molar-refractivity contribution >= 4 is 35.2 Å². The van der Waals surface area contributed by atoms with Gasteiger partial charge in [0.25, 0.3) is 0 Å². The third kappa shape index (κ3) is 5.19. The van der Waals surface area contributed by atoms with E-state index >= 15 is 0 Å². The van der Waals surface area contributed by atoms with Crippen molar-refractivity contribution in [3.8, 4) is 0 Å². The van der Waals surface area contributed by atoms with E-state index in [1.807, 2.05) is 17.5 Å². The van der Waals surface area contributed by atoms with Crippen LogP contribution in [-0.2, 0) is 4.79 Å². The minimum absolute atomic E-state index is 0.0579. The summed E-state index contributed by atoms with van der Waals surface area (Å²) >= 11 is 3.26. The van der Waals surface area contributed by atoms with Crippen LogP contribution in [0, 0.1) is 6.92 Å². The average Bonchev–Trinajstić information content (AvgIpc) is 2.94. The summed E-state index contributed by atoms with van der Waals surface area (Å²) in [6.45, 7) is 2.06. The van der Waals surface area contributed by atoms with Gasteiger partial charge in [-0.1, -0.05) is 23.8 Å². The molecule has 0 saturated heterocycles. The summed E-state index contributed by atoms with van der Waals surface area (Å²) < 4.78 is 0. The Morgan fingerprint density at radius 2 is 2.15 bits per heavy atom. The van der Waals surface area contributed by atoms with Gasteiger partial charge >= 0.3 is 0 Å². The molecule has 0 fully saturated rings. The van der Waals surface area contributed by atoms with Gasteiger partial charge in [-0.2, -0.15) is 5.10 Å². The Morgan fingerprint density at radius 1 is 1.35 bits per heavy atom. The lowest BCUT2D eigenvalue weighted by atomic mass is 10.2. The van der Waals surface area contributed by atoms with Crippen molar-refractivity contribution in [1.82, 2.24) is 5.43 Å². The molecule has 1 aromatic heterocycles. The molecule has 104 valence electrons. The maximum Gasteiger partial charge on any atom is 0.240 e. The minimum Gasteiger partial charge on any atom is -0.273 e. The fourth-order valence-electron chi connectivity index (χ4n) is 1.48. The zero-order valence-electron chi connectivity index (χ0n) is 11.2. The molecule has 20 heavy (non-hydrogen) atoms. The summed E-state index contributed by atoms with van der Waals surface area (Å²) in [7, 11) is 0. The lowest BCUT2D eigenvalue weighted by Gasteiger charge is -2.01. The van der Waals surface area contributed by atoms with Crippen LogP contribution in [0.3, 0.4) is 0 Å². The monoisotopic (exact) mass is 304 g/mol. The maximum absolute atomic E-state index is 11.6. The van der Waals surface area contributed by atoms with Crippen LogP contribution in [0.2, 0.25) is 0 Å². The van der Waals surface area contributed by atoms with Crippen molar-refractivity contribution < 1.29 is 4.79 Å². The van der Waals surface area contributed by atoms with Gasteiger partial charge < -0.3 is 0 Å². The van der Waals surface area contributed by atoms with Crippen LogP contribution in [-0.4, -0.2) is 17.9 Å². The number of hydrogen-bond acceptors (Lipinski definition) is 4. The summed E-state index contributed by atoms with van der Waals surface area (Å²) in [6, 6.07) is 12.2. The van der Waals surface area contributed by atoms with E-state index in [2.05, 4.69) is 41.7 Å². The maximum atomic E-state index is 11.6. The normalized spacial score (nSPS) is 10.8. The van der Waals surface area contributed by atoms with Crippen molar-refractivity contribution in [2.24, 2.45) is 5.10 Å². The largest absolute Gasteiger partial charge is 0.273 e. The fraction of sp³-hybridized carbons (Fsp3) is 0.200. The van der Waals surface area contributed by atoms with Crippen LogP contribution in [0.1, 0.15) is 16.9 Å². The number of aryl methyl sites for hydroxylation is 1. The molecule has 0 spiro atoms. The number of carbonyl (C=O) groups excluding carboxylic acids is 1. The van der Waals surface area contributed by atoms with E-state index in [1.165, 1.54) is 10.5 Å². The molecule has 0 unspecified atom stereocenters. The minimum atomic E-state index is -0.0579. The first-order valence-corrected chi connectivity index (χ1v) is 8.15. The van der Waals surface area contributed by atoms with Crippen LogP contribution in [0.25, 0.3) is 0 Å². The van der Waals surface area contributed by atoms with Gasteiger partial charge in [-0.3, -0.25) is 4.79 Å². The average molecular weight is 304 g/mol. The first-order valence-electron chi connectivity index (χ1n) is 6.29. The topological polar surface area (TPSA) is 41.5 Å². The molecule has 2 aromatic rings. The third-order valence-electron chi connectivity index (χ3n) is 2.54. The molecular formula is C15H16N2OS2. The number of rotatable bonds is 6. The Hall–Kier alpha value is -1.59. The van der Waals surface area contributed by atoms with Gasteiger partial charge in [0, 0.05) is 21.9 Å². The Bertz CT molecular complexity index is 562. The number of thiophene rings is 1. The van der Waals surface area contributed by atoms with E-state index < -0.39 is 0 Å². The highest BCUT2D eigenvalue weighted by Gasteiger charge is 2.00. The SMILES string of the molecule is Cc1ccc(SCCC(=O)N/N=C\c2cccs2)cc1. The molecule has 1 N–H and O–H groups in total. The third-order valence-corrected chi connectivity index (χ3v) is 4.36. The summed E-state index contributed by atoms with van der Waals surface area (Å²) in [5.74, 6) is 0.695. The molecule has 0 saturated carbocycles.